The number of nitrogens with zero attached hydrogens (tertiary/aromatic N) is 2. The zero-order chi connectivity index (χ0) is 16.3. The number of carboxylic acid groups (broad SMARTS) is 1. The zero-order valence-electron chi connectivity index (χ0n) is 12.5. The summed E-state index contributed by atoms with van der Waals surface area (Å²) in [6.45, 7) is 3.76. The SMILES string of the molecule is CCCC(NC(=O)c1c(CC)nc2cc(Cl)ccn12)C(=O)O. The van der Waals surface area contributed by atoms with Gasteiger partial charge in [-0.05, 0) is 18.9 Å². The van der Waals surface area contributed by atoms with Crippen LogP contribution in [0.5, 0.6) is 0 Å². The monoisotopic (exact) mass is 323 g/mol. The summed E-state index contributed by atoms with van der Waals surface area (Å²) >= 11 is 5.94. The Hall–Kier alpha value is -2.08. The van der Waals surface area contributed by atoms with Crippen molar-refractivity contribution in [1.82, 2.24) is 14.7 Å². The highest BCUT2D eigenvalue weighted by Gasteiger charge is 2.24. The molecule has 2 N–H and O–H groups in total. The fourth-order valence-electron chi connectivity index (χ4n) is 2.33. The predicted octanol–water partition coefficient (Wildman–Crippen LogP) is 2.53. The Morgan fingerprint density at radius 2 is 2.18 bits per heavy atom. The van der Waals surface area contributed by atoms with E-state index >= 15 is 0 Å². The Labute approximate surface area is 133 Å². The maximum Gasteiger partial charge on any atom is 0.326 e. The van der Waals surface area contributed by atoms with E-state index in [4.69, 9.17) is 11.6 Å². The van der Waals surface area contributed by atoms with E-state index in [1.165, 1.54) is 0 Å². The fraction of sp³-hybridized carbons (Fsp3) is 0.400. The third kappa shape index (κ3) is 3.22. The molecule has 0 aliphatic heterocycles. The lowest BCUT2D eigenvalue weighted by Gasteiger charge is -2.14. The van der Waals surface area contributed by atoms with Crippen LogP contribution in [-0.4, -0.2) is 32.4 Å². The molecule has 118 valence electrons. The second-order valence-corrected chi connectivity index (χ2v) is 5.42. The van der Waals surface area contributed by atoms with Gasteiger partial charge in [-0.2, -0.15) is 0 Å². The maximum absolute atomic E-state index is 12.5. The summed E-state index contributed by atoms with van der Waals surface area (Å²) < 4.78 is 1.63. The second kappa shape index (κ2) is 6.79. The van der Waals surface area contributed by atoms with Crippen molar-refractivity contribution < 1.29 is 14.7 Å². The van der Waals surface area contributed by atoms with Crippen LogP contribution in [0.25, 0.3) is 5.65 Å². The number of halogens is 1. The number of pyridine rings is 1. The minimum Gasteiger partial charge on any atom is -0.480 e. The number of amides is 1. The van der Waals surface area contributed by atoms with E-state index < -0.39 is 17.9 Å². The van der Waals surface area contributed by atoms with Crippen molar-refractivity contribution in [3.8, 4) is 0 Å². The summed E-state index contributed by atoms with van der Waals surface area (Å²) in [5.41, 5.74) is 1.54. The molecule has 0 radical (unpaired) electrons. The van der Waals surface area contributed by atoms with Crippen LogP contribution < -0.4 is 5.32 Å². The lowest BCUT2D eigenvalue weighted by atomic mass is 10.1. The van der Waals surface area contributed by atoms with Gasteiger partial charge in [0.25, 0.3) is 5.91 Å². The van der Waals surface area contributed by atoms with Crippen molar-refractivity contribution in [1.29, 1.82) is 0 Å². The summed E-state index contributed by atoms with van der Waals surface area (Å²) in [6.07, 6.45) is 3.27. The van der Waals surface area contributed by atoms with E-state index in [0.717, 1.165) is 0 Å². The molecule has 0 saturated carbocycles. The van der Waals surface area contributed by atoms with Crippen molar-refractivity contribution in [2.24, 2.45) is 0 Å². The van der Waals surface area contributed by atoms with Gasteiger partial charge >= 0.3 is 5.97 Å². The zero-order valence-corrected chi connectivity index (χ0v) is 13.2. The molecule has 0 aromatic carbocycles. The quantitative estimate of drug-likeness (QED) is 0.855. The number of hydrogen-bond donors (Lipinski definition) is 2. The van der Waals surface area contributed by atoms with Crippen LogP contribution in [0.1, 0.15) is 42.9 Å². The summed E-state index contributed by atoms with van der Waals surface area (Å²) in [4.78, 5) is 28.1. The molecule has 2 aromatic heterocycles. The van der Waals surface area contributed by atoms with Gasteiger partial charge in [0.1, 0.15) is 17.4 Å². The van der Waals surface area contributed by atoms with Gasteiger partial charge in [0, 0.05) is 17.3 Å². The molecule has 0 spiro atoms. The van der Waals surface area contributed by atoms with Gasteiger partial charge in [-0.1, -0.05) is 31.9 Å². The first-order valence-electron chi connectivity index (χ1n) is 7.18. The minimum absolute atomic E-state index is 0.358. The number of carbonyl (C=O) groups excluding carboxylic acids is 1. The Bertz CT molecular complexity index is 711. The van der Waals surface area contributed by atoms with Crippen molar-refractivity contribution in [2.75, 3.05) is 0 Å². The Balaban J connectivity index is 2.40. The van der Waals surface area contributed by atoms with Crippen LogP contribution in [0.15, 0.2) is 18.3 Å². The molecule has 0 saturated heterocycles. The van der Waals surface area contributed by atoms with Crippen LogP contribution in [0.3, 0.4) is 0 Å². The molecule has 0 aliphatic carbocycles. The lowest BCUT2D eigenvalue weighted by Crippen LogP contribution is -2.41. The van der Waals surface area contributed by atoms with E-state index in [-0.39, 0.29) is 0 Å². The van der Waals surface area contributed by atoms with Gasteiger partial charge in [-0.3, -0.25) is 9.20 Å². The number of carboxylic acids is 1. The van der Waals surface area contributed by atoms with E-state index in [0.29, 0.717) is 41.3 Å². The Morgan fingerprint density at radius 1 is 1.45 bits per heavy atom. The van der Waals surface area contributed by atoms with Crippen molar-refractivity contribution in [3.05, 3.63) is 34.7 Å². The molecule has 1 atom stereocenters. The molecule has 0 fully saturated rings. The fourth-order valence-corrected chi connectivity index (χ4v) is 2.48. The Morgan fingerprint density at radius 3 is 2.77 bits per heavy atom. The third-order valence-electron chi connectivity index (χ3n) is 3.39. The van der Waals surface area contributed by atoms with Gasteiger partial charge in [-0.15, -0.1) is 0 Å². The number of aryl methyl sites for hydroxylation is 1. The topological polar surface area (TPSA) is 83.7 Å². The second-order valence-electron chi connectivity index (χ2n) is 4.99. The number of carbonyl (C=O) groups is 2. The van der Waals surface area contributed by atoms with E-state index in [1.807, 2.05) is 13.8 Å². The smallest absolute Gasteiger partial charge is 0.326 e. The van der Waals surface area contributed by atoms with Gasteiger partial charge in [0.2, 0.25) is 0 Å². The molecule has 0 aliphatic rings. The number of fused-ring (bicyclic) bond motifs is 1. The van der Waals surface area contributed by atoms with Gasteiger partial charge in [-0.25, -0.2) is 9.78 Å². The van der Waals surface area contributed by atoms with E-state index in [9.17, 15) is 14.7 Å². The van der Waals surface area contributed by atoms with Crippen LogP contribution in [0, 0.1) is 0 Å². The molecule has 2 heterocycles. The average molecular weight is 324 g/mol. The summed E-state index contributed by atoms with van der Waals surface area (Å²) in [5, 5.41) is 12.3. The average Bonchev–Trinajstić information content (AvgIpc) is 2.84. The number of aromatic nitrogens is 2. The number of rotatable bonds is 6. The first-order chi connectivity index (χ1) is 10.5. The summed E-state index contributed by atoms with van der Waals surface area (Å²) in [7, 11) is 0. The summed E-state index contributed by atoms with van der Waals surface area (Å²) in [6, 6.07) is 2.42. The van der Waals surface area contributed by atoms with Gasteiger partial charge in [0.05, 0.1) is 5.69 Å². The highest BCUT2D eigenvalue weighted by molar-refractivity contribution is 6.30. The van der Waals surface area contributed by atoms with Gasteiger partial charge in [0.15, 0.2) is 0 Å². The first-order valence-corrected chi connectivity index (χ1v) is 7.55. The first kappa shape index (κ1) is 16.3. The van der Waals surface area contributed by atoms with Gasteiger partial charge < -0.3 is 10.4 Å². The van der Waals surface area contributed by atoms with Crippen LogP contribution in [0.4, 0.5) is 0 Å². The van der Waals surface area contributed by atoms with Crippen LogP contribution in [0.2, 0.25) is 5.02 Å². The molecule has 7 heteroatoms. The Kier molecular flexibility index (Phi) is 5.03. The molecule has 0 bridgehead atoms. The molecule has 6 nitrogen and oxygen atoms in total. The number of hydrogen-bond acceptors (Lipinski definition) is 3. The van der Waals surface area contributed by atoms with Crippen LogP contribution in [-0.2, 0) is 11.2 Å². The van der Waals surface area contributed by atoms with Crippen LogP contribution >= 0.6 is 11.6 Å². The number of aliphatic carboxylic acids is 1. The molecule has 1 amide bonds. The minimum atomic E-state index is -1.04. The largest absolute Gasteiger partial charge is 0.480 e. The molecule has 22 heavy (non-hydrogen) atoms. The molecule has 2 aromatic rings. The van der Waals surface area contributed by atoms with Crippen molar-refractivity contribution >= 4 is 29.1 Å². The van der Waals surface area contributed by atoms with Crippen molar-refractivity contribution in [3.63, 3.8) is 0 Å². The summed E-state index contributed by atoms with van der Waals surface area (Å²) in [5.74, 6) is -1.47. The number of imidazole rings is 1. The van der Waals surface area contributed by atoms with E-state index in [1.54, 1.807) is 22.7 Å². The number of nitrogens with one attached hydrogen (secondary N) is 1. The highest BCUT2D eigenvalue weighted by Crippen LogP contribution is 2.18. The molecule has 2 rings (SSSR count). The van der Waals surface area contributed by atoms with Crippen molar-refractivity contribution in [2.45, 2.75) is 39.2 Å². The molecule has 1 unspecified atom stereocenters. The standard InChI is InChI=1S/C15H18ClN3O3/c1-3-5-11(15(21)22)18-14(20)13-10(4-2)17-12-8-9(16)6-7-19(12)13/h6-8,11H,3-5H2,1-2H3,(H,18,20)(H,21,22). The lowest BCUT2D eigenvalue weighted by molar-refractivity contribution is -0.139. The predicted molar refractivity (Wildman–Crippen MR) is 83.4 cm³/mol. The molecular weight excluding hydrogens is 306 g/mol. The highest BCUT2D eigenvalue weighted by atomic mass is 35.5. The third-order valence-corrected chi connectivity index (χ3v) is 3.63. The normalized spacial score (nSPS) is 12.3. The molecular formula is C15H18ClN3O3. The maximum atomic E-state index is 12.5. The van der Waals surface area contributed by atoms with E-state index in [2.05, 4.69) is 10.3 Å².